The number of aryl methyl sites for hydroxylation is 1. The summed E-state index contributed by atoms with van der Waals surface area (Å²) < 4.78 is 27.4. The molecule has 1 saturated heterocycles. The van der Waals surface area contributed by atoms with Gasteiger partial charge in [0.2, 0.25) is 10.0 Å². The highest BCUT2D eigenvalue weighted by Crippen LogP contribution is 2.26. The van der Waals surface area contributed by atoms with Crippen LogP contribution in [0.1, 0.15) is 36.2 Å². The minimum atomic E-state index is -3.53. The first-order valence-corrected chi connectivity index (χ1v) is 10.7. The molecule has 1 amide bonds. The molecule has 3 rings (SSSR count). The number of benzene rings is 2. The van der Waals surface area contributed by atoms with Crippen molar-refractivity contribution >= 4 is 21.6 Å². The first-order valence-electron chi connectivity index (χ1n) is 9.24. The SMILES string of the molecule is Cc1cccc(NC(=O)c2ccc(S(=O)(=O)N3CC(C)CC(C)C3)cc2)c1. The van der Waals surface area contributed by atoms with E-state index in [1.54, 1.807) is 16.4 Å². The van der Waals surface area contributed by atoms with E-state index in [9.17, 15) is 13.2 Å². The Balaban J connectivity index is 1.75. The van der Waals surface area contributed by atoms with Gasteiger partial charge >= 0.3 is 0 Å². The third-order valence-corrected chi connectivity index (χ3v) is 6.71. The predicted octanol–water partition coefficient (Wildman–Crippen LogP) is 3.91. The molecule has 1 aliphatic rings. The Hall–Kier alpha value is -2.18. The topological polar surface area (TPSA) is 66.5 Å². The van der Waals surface area contributed by atoms with Crippen LogP contribution in [0.15, 0.2) is 53.4 Å². The van der Waals surface area contributed by atoms with Gasteiger partial charge in [-0.15, -0.1) is 0 Å². The molecule has 1 N–H and O–H groups in total. The minimum Gasteiger partial charge on any atom is -0.322 e. The number of anilines is 1. The van der Waals surface area contributed by atoms with Gasteiger partial charge in [0.05, 0.1) is 4.90 Å². The maximum absolute atomic E-state index is 12.9. The summed E-state index contributed by atoms with van der Waals surface area (Å²) in [5.41, 5.74) is 2.20. The Morgan fingerprint density at radius 3 is 2.26 bits per heavy atom. The molecule has 0 spiro atoms. The number of hydrogen-bond acceptors (Lipinski definition) is 3. The summed E-state index contributed by atoms with van der Waals surface area (Å²) in [5, 5.41) is 2.83. The van der Waals surface area contributed by atoms with E-state index in [2.05, 4.69) is 19.2 Å². The summed E-state index contributed by atoms with van der Waals surface area (Å²) in [6, 6.07) is 13.7. The van der Waals surface area contributed by atoms with Gasteiger partial charge in [-0.2, -0.15) is 4.31 Å². The minimum absolute atomic E-state index is 0.232. The molecule has 2 unspecified atom stereocenters. The van der Waals surface area contributed by atoms with Gasteiger partial charge in [-0.1, -0.05) is 26.0 Å². The van der Waals surface area contributed by atoms with Gasteiger partial charge in [0.1, 0.15) is 0 Å². The zero-order chi connectivity index (χ0) is 19.6. The molecule has 0 bridgehead atoms. The molecular formula is C21H26N2O3S. The lowest BCUT2D eigenvalue weighted by molar-refractivity contribution is 0.102. The second-order valence-electron chi connectivity index (χ2n) is 7.62. The first kappa shape index (κ1) is 19.6. The molecule has 1 aliphatic heterocycles. The van der Waals surface area contributed by atoms with Crippen LogP contribution in [0.5, 0.6) is 0 Å². The Labute approximate surface area is 161 Å². The van der Waals surface area contributed by atoms with Gasteiger partial charge in [0.15, 0.2) is 0 Å². The highest BCUT2D eigenvalue weighted by molar-refractivity contribution is 7.89. The van der Waals surface area contributed by atoms with Crippen LogP contribution in [-0.4, -0.2) is 31.7 Å². The number of amides is 1. The van der Waals surface area contributed by atoms with Crippen LogP contribution in [0, 0.1) is 18.8 Å². The van der Waals surface area contributed by atoms with Crippen molar-refractivity contribution in [3.05, 3.63) is 59.7 Å². The van der Waals surface area contributed by atoms with Crippen molar-refractivity contribution in [1.29, 1.82) is 0 Å². The summed E-state index contributed by atoms with van der Waals surface area (Å²) in [4.78, 5) is 12.6. The van der Waals surface area contributed by atoms with E-state index in [-0.39, 0.29) is 10.8 Å². The molecule has 0 radical (unpaired) electrons. The summed E-state index contributed by atoms with van der Waals surface area (Å²) in [6.45, 7) is 7.20. The van der Waals surface area contributed by atoms with Gasteiger partial charge in [-0.05, 0) is 67.1 Å². The zero-order valence-electron chi connectivity index (χ0n) is 16.0. The van der Waals surface area contributed by atoms with E-state index < -0.39 is 10.0 Å². The Morgan fingerprint density at radius 2 is 1.67 bits per heavy atom. The molecule has 6 heteroatoms. The second-order valence-corrected chi connectivity index (χ2v) is 9.55. The predicted molar refractivity (Wildman–Crippen MR) is 107 cm³/mol. The van der Waals surface area contributed by atoms with Crippen molar-refractivity contribution in [2.24, 2.45) is 11.8 Å². The number of carbonyl (C=O) groups excluding carboxylic acids is 1. The van der Waals surface area contributed by atoms with E-state index in [4.69, 9.17) is 0 Å². The zero-order valence-corrected chi connectivity index (χ0v) is 16.8. The van der Waals surface area contributed by atoms with Crippen molar-refractivity contribution in [3.63, 3.8) is 0 Å². The lowest BCUT2D eigenvalue weighted by Gasteiger charge is -2.34. The van der Waals surface area contributed by atoms with Crippen molar-refractivity contribution in [2.45, 2.75) is 32.1 Å². The third-order valence-electron chi connectivity index (χ3n) is 4.87. The molecular weight excluding hydrogens is 360 g/mol. The van der Waals surface area contributed by atoms with Crippen LogP contribution in [0.3, 0.4) is 0 Å². The van der Waals surface area contributed by atoms with Crippen LogP contribution in [-0.2, 0) is 10.0 Å². The Kier molecular flexibility index (Phi) is 5.67. The third kappa shape index (κ3) is 4.57. The summed E-state index contributed by atoms with van der Waals surface area (Å²) in [6.07, 6.45) is 1.05. The molecule has 0 aromatic heterocycles. The molecule has 1 heterocycles. The highest BCUT2D eigenvalue weighted by Gasteiger charge is 2.31. The molecule has 0 saturated carbocycles. The van der Waals surface area contributed by atoms with Gasteiger partial charge in [-0.3, -0.25) is 4.79 Å². The van der Waals surface area contributed by atoms with Crippen LogP contribution in [0.4, 0.5) is 5.69 Å². The normalized spacial score (nSPS) is 21.0. The van der Waals surface area contributed by atoms with E-state index in [0.29, 0.717) is 36.2 Å². The van der Waals surface area contributed by atoms with Crippen LogP contribution >= 0.6 is 0 Å². The van der Waals surface area contributed by atoms with E-state index in [0.717, 1.165) is 12.0 Å². The van der Waals surface area contributed by atoms with Gasteiger partial charge in [0, 0.05) is 24.3 Å². The maximum Gasteiger partial charge on any atom is 0.255 e. The number of sulfonamides is 1. The molecule has 27 heavy (non-hydrogen) atoms. The second kappa shape index (κ2) is 7.82. The first-order chi connectivity index (χ1) is 12.8. The standard InChI is InChI=1S/C21H26N2O3S/c1-15-5-4-6-19(12-15)22-21(24)18-7-9-20(10-8-18)27(25,26)23-13-16(2)11-17(3)14-23/h4-10,12,16-17H,11,13-14H2,1-3H3,(H,22,24). The Bertz CT molecular complexity index is 913. The molecule has 0 aliphatic carbocycles. The fraction of sp³-hybridized carbons (Fsp3) is 0.381. The monoisotopic (exact) mass is 386 g/mol. The molecule has 2 atom stereocenters. The smallest absolute Gasteiger partial charge is 0.255 e. The average Bonchev–Trinajstić information content (AvgIpc) is 2.61. The molecule has 5 nitrogen and oxygen atoms in total. The van der Waals surface area contributed by atoms with Crippen molar-refractivity contribution < 1.29 is 13.2 Å². The van der Waals surface area contributed by atoms with Crippen LogP contribution < -0.4 is 5.32 Å². The van der Waals surface area contributed by atoms with E-state index >= 15 is 0 Å². The van der Waals surface area contributed by atoms with Crippen LogP contribution in [0.25, 0.3) is 0 Å². The summed E-state index contributed by atoms with van der Waals surface area (Å²) >= 11 is 0. The fourth-order valence-corrected chi connectivity index (χ4v) is 5.34. The number of piperidine rings is 1. The lowest BCUT2D eigenvalue weighted by atomic mass is 9.94. The molecule has 2 aromatic carbocycles. The molecule has 2 aromatic rings. The van der Waals surface area contributed by atoms with Crippen molar-refractivity contribution in [1.82, 2.24) is 4.31 Å². The van der Waals surface area contributed by atoms with E-state index in [1.165, 1.54) is 12.1 Å². The van der Waals surface area contributed by atoms with Crippen LogP contribution in [0.2, 0.25) is 0 Å². The van der Waals surface area contributed by atoms with Gasteiger partial charge < -0.3 is 5.32 Å². The van der Waals surface area contributed by atoms with Crippen molar-refractivity contribution in [2.75, 3.05) is 18.4 Å². The van der Waals surface area contributed by atoms with Gasteiger partial charge in [-0.25, -0.2) is 8.42 Å². The highest BCUT2D eigenvalue weighted by atomic mass is 32.2. The molecule has 144 valence electrons. The largest absolute Gasteiger partial charge is 0.322 e. The average molecular weight is 387 g/mol. The van der Waals surface area contributed by atoms with Crippen molar-refractivity contribution in [3.8, 4) is 0 Å². The quantitative estimate of drug-likeness (QED) is 0.866. The van der Waals surface area contributed by atoms with E-state index in [1.807, 2.05) is 31.2 Å². The van der Waals surface area contributed by atoms with Gasteiger partial charge in [0.25, 0.3) is 5.91 Å². The lowest BCUT2D eigenvalue weighted by Crippen LogP contribution is -2.42. The fourth-order valence-electron chi connectivity index (χ4n) is 3.66. The summed E-state index contributed by atoms with van der Waals surface area (Å²) in [7, 11) is -3.53. The Morgan fingerprint density at radius 1 is 1.04 bits per heavy atom. The number of hydrogen-bond donors (Lipinski definition) is 1. The number of nitrogens with zero attached hydrogens (tertiary/aromatic N) is 1. The number of carbonyl (C=O) groups is 1. The molecule has 1 fully saturated rings. The summed E-state index contributed by atoms with van der Waals surface area (Å²) in [5.74, 6) is 0.440. The number of rotatable bonds is 4. The maximum atomic E-state index is 12.9. The number of nitrogens with one attached hydrogen (secondary N) is 1.